The van der Waals surface area contributed by atoms with Crippen LogP contribution in [0, 0.1) is 0 Å². The van der Waals surface area contributed by atoms with Crippen molar-refractivity contribution < 1.29 is 24.2 Å². The molecule has 0 spiro atoms. The van der Waals surface area contributed by atoms with Crippen LogP contribution in [0.25, 0.3) is 0 Å². The molecule has 0 aliphatic carbocycles. The van der Waals surface area contributed by atoms with Crippen LogP contribution in [0.1, 0.15) is 19.3 Å². The molecule has 0 aromatic rings. The fourth-order valence-corrected chi connectivity index (χ4v) is 1.36. The molecule has 1 rings (SSSR count). The van der Waals surface area contributed by atoms with Crippen molar-refractivity contribution in [3.05, 3.63) is 10.1 Å². The highest BCUT2D eigenvalue weighted by Crippen LogP contribution is 2.19. The third-order valence-electron chi connectivity index (χ3n) is 1.94. The molecule has 16 heavy (non-hydrogen) atoms. The molecular formula is C9H10Cl2O5. The summed E-state index contributed by atoms with van der Waals surface area (Å²) in [6, 6.07) is 0. The zero-order chi connectivity index (χ0) is 12.1. The number of carbonyl (C=O) groups is 2. The Bertz CT molecular complexity index is 320. The number of carboxylic acids is 1. The molecule has 0 amide bonds. The van der Waals surface area contributed by atoms with E-state index in [-0.39, 0.29) is 0 Å². The fourth-order valence-electron chi connectivity index (χ4n) is 1.16. The molecule has 1 unspecified atom stereocenters. The maximum atomic E-state index is 11.3. The first-order chi connectivity index (χ1) is 7.52. The zero-order valence-electron chi connectivity index (χ0n) is 8.24. The lowest BCUT2D eigenvalue weighted by Gasteiger charge is -2.22. The fraction of sp³-hybridized carbons (Fsp3) is 0.556. The van der Waals surface area contributed by atoms with Gasteiger partial charge in [0.2, 0.25) is 6.29 Å². The predicted octanol–water partition coefficient (Wildman–Crippen LogP) is 1.83. The van der Waals surface area contributed by atoms with E-state index in [1.807, 2.05) is 0 Å². The van der Waals surface area contributed by atoms with Crippen molar-refractivity contribution in [3.63, 3.8) is 0 Å². The average molecular weight is 269 g/mol. The smallest absolute Gasteiger partial charge is 0.353 e. The van der Waals surface area contributed by atoms with Gasteiger partial charge in [-0.25, -0.2) is 9.59 Å². The van der Waals surface area contributed by atoms with E-state index in [1.54, 1.807) is 0 Å². The van der Waals surface area contributed by atoms with Gasteiger partial charge in [-0.2, -0.15) is 0 Å². The molecule has 5 nitrogen and oxygen atoms in total. The van der Waals surface area contributed by atoms with Crippen LogP contribution in [0.3, 0.4) is 0 Å². The molecule has 0 bridgehead atoms. The van der Waals surface area contributed by atoms with Gasteiger partial charge in [0.1, 0.15) is 0 Å². The van der Waals surface area contributed by atoms with Crippen molar-refractivity contribution in [2.24, 2.45) is 0 Å². The lowest BCUT2D eigenvalue weighted by Crippen LogP contribution is -2.25. The van der Waals surface area contributed by atoms with Crippen LogP contribution < -0.4 is 0 Å². The van der Waals surface area contributed by atoms with Crippen LogP contribution in [0.5, 0.6) is 0 Å². The minimum atomic E-state index is -1.48. The topological polar surface area (TPSA) is 72.8 Å². The van der Waals surface area contributed by atoms with Gasteiger partial charge in [0, 0.05) is 6.42 Å². The van der Waals surface area contributed by atoms with Crippen LogP contribution in [0.4, 0.5) is 0 Å². The third-order valence-corrected chi connectivity index (χ3v) is 2.73. The summed E-state index contributed by atoms with van der Waals surface area (Å²) in [5.74, 6) is -2.46. The normalized spacial score (nSPS) is 22.2. The monoisotopic (exact) mass is 268 g/mol. The Morgan fingerprint density at radius 1 is 1.25 bits per heavy atom. The molecular weight excluding hydrogens is 259 g/mol. The number of carboxylic acid groups (broad SMARTS) is 1. The van der Waals surface area contributed by atoms with Crippen molar-refractivity contribution in [3.8, 4) is 0 Å². The molecule has 1 fully saturated rings. The number of esters is 1. The van der Waals surface area contributed by atoms with Crippen LogP contribution in [0.2, 0.25) is 0 Å². The molecule has 7 heteroatoms. The molecule has 1 aliphatic rings. The largest absolute Gasteiger partial charge is 0.477 e. The Hall–Kier alpha value is -0.780. The number of halogens is 2. The summed E-state index contributed by atoms with van der Waals surface area (Å²) in [6.07, 6.45) is 1.69. The number of aliphatic carboxylic acids is 1. The minimum Gasteiger partial charge on any atom is -0.477 e. The Balaban J connectivity index is 2.57. The van der Waals surface area contributed by atoms with E-state index in [2.05, 4.69) is 0 Å². The van der Waals surface area contributed by atoms with E-state index < -0.39 is 28.3 Å². The minimum absolute atomic E-state index is 0.506. The van der Waals surface area contributed by atoms with Gasteiger partial charge in [0.05, 0.1) is 6.61 Å². The Morgan fingerprint density at radius 2 is 1.94 bits per heavy atom. The summed E-state index contributed by atoms with van der Waals surface area (Å²) < 4.78 is 9.95. The summed E-state index contributed by atoms with van der Waals surface area (Å²) in [5.41, 5.74) is 0. The van der Waals surface area contributed by atoms with E-state index in [1.165, 1.54) is 0 Å². The number of hydrogen-bond acceptors (Lipinski definition) is 4. The van der Waals surface area contributed by atoms with E-state index in [0.29, 0.717) is 13.0 Å². The van der Waals surface area contributed by atoms with Crippen LogP contribution in [0.15, 0.2) is 10.1 Å². The van der Waals surface area contributed by atoms with Gasteiger partial charge in [-0.05, 0) is 12.8 Å². The number of hydrogen-bond donors (Lipinski definition) is 1. The van der Waals surface area contributed by atoms with E-state index in [9.17, 15) is 9.59 Å². The Kier molecular flexibility index (Phi) is 5.05. The SMILES string of the molecule is O=C(O)/C(Cl)=C(/Cl)C(=O)OC1CCCCO1. The second-order valence-electron chi connectivity index (χ2n) is 3.13. The second kappa shape index (κ2) is 6.08. The first-order valence-electron chi connectivity index (χ1n) is 4.63. The van der Waals surface area contributed by atoms with Crippen LogP contribution >= 0.6 is 23.2 Å². The molecule has 0 aromatic carbocycles. The highest BCUT2D eigenvalue weighted by molar-refractivity contribution is 6.52. The number of carbonyl (C=O) groups excluding carboxylic acids is 1. The van der Waals surface area contributed by atoms with Crippen molar-refractivity contribution in [1.82, 2.24) is 0 Å². The molecule has 0 aromatic heterocycles. The standard InChI is InChI=1S/C9H10Cl2O5/c10-6(8(12)13)7(11)9(14)16-5-3-1-2-4-15-5/h5H,1-4H2,(H,12,13)/b7-6-. The second-order valence-corrected chi connectivity index (χ2v) is 3.89. The van der Waals surface area contributed by atoms with Gasteiger partial charge >= 0.3 is 11.9 Å². The molecule has 90 valence electrons. The van der Waals surface area contributed by atoms with Gasteiger partial charge in [-0.15, -0.1) is 0 Å². The molecule has 0 radical (unpaired) electrons. The molecule has 1 aliphatic heterocycles. The Labute approximate surface area is 102 Å². The molecule has 1 N–H and O–H groups in total. The zero-order valence-corrected chi connectivity index (χ0v) is 9.75. The molecule has 1 heterocycles. The molecule has 0 saturated carbocycles. The average Bonchev–Trinajstić information content (AvgIpc) is 2.28. The maximum absolute atomic E-state index is 11.3. The van der Waals surface area contributed by atoms with Crippen LogP contribution in [-0.4, -0.2) is 29.9 Å². The summed E-state index contributed by atoms with van der Waals surface area (Å²) in [7, 11) is 0. The first kappa shape index (κ1) is 13.3. The predicted molar refractivity (Wildman–Crippen MR) is 56.1 cm³/mol. The van der Waals surface area contributed by atoms with E-state index >= 15 is 0 Å². The Morgan fingerprint density at radius 3 is 2.44 bits per heavy atom. The van der Waals surface area contributed by atoms with Crippen molar-refractivity contribution >= 4 is 35.1 Å². The van der Waals surface area contributed by atoms with Gasteiger partial charge in [0.25, 0.3) is 0 Å². The van der Waals surface area contributed by atoms with Gasteiger partial charge in [-0.1, -0.05) is 23.2 Å². The highest BCUT2D eigenvalue weighted by Gasteiger charge is 2.23. The first-order valence-corrected chi connectivity index (χ1v) is 5.39. The lowest BCUT2D eigenvalue weighted by atomic mass is 10.2. The van der Waals surface area contributed by atoms with Crippen molar-refractivity contribution in [1.29, 1.82) is 0 Å². The number of rotatable bonds is 3. The third kappa shape index (κ3) is 3.66. The lowest BCUT2D eigenvalue weighted by molar-refractivity contribution is -0.181. The summed E-state index contributed by atoms with van der Waals surface area (Å²) in [6.45, 7) is 0.506. The van der Waals surface area contributed by atoms with Crippen molar-refractivity contribution in [2.75, 3.05) is 6.61 Å². The summed E-state index contributed by atoms with van der Waals surface area (Å²) >= 11 is 10.7. The maximum Gasteiger partial charge on any atom is 0.353 e. The van der Waals surface area contributed by atoms with Crippen molar-refractivity contribution in [2.45, 2.75) is 25.6 Å². The summed E-state index contributed by atoms with van der Waals surface area (Å²) in [5, 5.41) is 7.08. The van der Waals surface area contributed by atoms with E-state index in [0.717, 1.165) is 12.8 Å². The summed E-state index contributed by atoms with van der Waals surface area (Å²) in [4.78, 5) is 21.7. The molecule has 1 saturated heterocycles. The number of ether oxygens (including phenoxy) is 2. The molecule has 1 atom stereocenters. The van der Waals surface area contributed by atoms with Crippen LogP contribution in [-0.2, 0) is 19.1 Å². The van der Waals surface area contributed by atoms with Gasteiger partial charge in [-0.3, -0.25) is 0 Å². The van der Waals surface area contributed by atoms with Gasteiger partial charge in [0.15, 0.2) is 10.1 Å². The quantitative estimate of drug-likeness (QED) is 0.625. The highest BCUT2D eigenvalue weighted by atomic mass is 35.5. The van der Waals surface area contributed by atoms with E-state index in [4.69, 9.17) is 37.8 Å². The van der Waals surface area contributed by atoms with Gasteiger partial charge < -0.3 is 14.6 Å².